The van der Waals surface area contributed by atoms with Crippen LogP contribution < -0.4 is 5.32 Å². The zero-order valence-corrected chi connectivity index (χ0v) is 22.1. The lowest BCUT2D eigenvalue weighted by atomic mass is 9.44. The Kier molecular flexibility index (Phi) is 7.37. The molecule has 9 unspecified atom stereocenters. The Bertz CT molecular complexity index is 914. The Labute approximate surface area is 208 Å². The van der Waals surface area contributed by atoms with Gasteiger partial charge in [-0.2, -0.15) is 8.42 Å². The van der Waals surface area contributed by atoms with Crippen LogP contribution in [0.2, 0.25) is 0 Å². The van der Waals surface area contributed by atoms with Crippen LogP contribution in [-0.2, 0) is 14.9 Å². The number of fused-ring (bicyclic) bond motifs is 5. The molecule has 0 spiro atoms. The van der Waals surface area contributed by atoms with E-state index in [1.54, 1.807) is 0 Å². The second-order valence-corrected chi connectivity index (χ2v) is 14.3. The number of carbonyl (C=O) groups is 1. The van der Waals surface area contributed by atoms with Crippen LogP contribution in [0.25, 0.3) is 0 Å². The molecule has 4 saturated carbocycles. The van der Waals surface area contributed by atoms with Crippen LogP contribution in [0.15, 0.2) is 0 Å². The molecule has 0 aromatic heterocycles. The van der Waals surface area contributed by atoms with Crippen molar-refractivity contribution < 1.29 is 30.9 Å². The van der Waals surface area contributed by atoms with Crippen molar-refractivity contribution in [2.24, 2.45) is 46.3 Å². The Morgan fingerprint density at radius 1 is 1.09 bits per heavy atom. The molecule has 4 fully saturated rings. The average molecular weight is 522 g/mol. The quantitative estimate of drug-likeness (QED) is 0.424. The summed E-state index contributed by atoms with van der Waals surface area (Å²) < 4.78 is 74.5. The van der Waals surface area contributed by atoms with Gasteiger partial charge in [-0.25, -0.2) is 13.2 Å². The number of carbonyl (C=O) groups excluding carboxylic acids is 1. The van der Waals surface area contributed by atoms with Gasteiger partial charge in [0.05, 0.1) is 5.75 Å². The van der Waals surface area contributed by atoms with Gasteiger partial charge in [-0.05, 0) is 91.3 Å². The normalized spacial score (nSPS) is 43.5. The molecule has 9 atom stereocenters. The maximum atomic E-state index is 15.7. The number of hydrogen-bond acceptors (Lipinski definition) is 3. The van der Waals surface area contributed by atoms with Crippen LogP contribution in [0.5, 0.6) is 0 Å². The molecular weight excluding hydrogens is 479 g/mol. The van der Waals surface area contributed by atoms with Gasteiger partial charge in [0, 0.05) is 25.8 Å². The molecule has 35 heavy (non-hydrogen) atoms. The summed E-state index contributed by atoms with van der Waals surface area (Å²) in [6.07, 6.45) is 4.32. The number of rotatable bonds is 7. The van der Waals surface area contributed by atoms with Gasteiger partial charge in [0.1, 0.15) is 6.17 Å². The highest BCUT2D eigenvalue weighted by atomic mass is 32.2. The first-order chi connectivity index (χ1) is 16.2. The average Bonchev–Trinajstić information content (AvgIpc) is 3.09. The molecule has 0 saturated heterocycles. The summed E-state index contributed by atoms with van der Waals surface area (Å²) in [4.78, 5) is 12.2. The lowest BCUT2D eigenvalue weighted by Crippen LogP contribution is -2.58. The van der Waals surface area contributed by atoms with Gasteiger partial charge < -0.3 is 5.32 Å². The summed E-state index contributed by atoms with van der Waals surface area (Å²) in [7, 11) is -4.10. The monoisotopic (exact) mass is 521 g/mol. The van der Waals surface area contributed by atoms with Crippen molar-refractivity contribution in [2.75, 3.05) is 12.3 Å². The van der Waals surface area contributed by atoms with E-state index in [2.05, 4.69) is 26.1 Å². The summed E-state index contributed by atoms with van der Waals surface area (Å²) in [6.45, 7) is 6.51. The molecule has 0 radical (unpaired) electrons. The molecule has 0 heterocycles. The molecule has 4 aliphatic rings. The number of nitrogens with one attached hydrogen (secondary N) is 1. The van der Waals surface area contributed by atoms with Crippen molar-refractivity contribution in [3.8, 4) is 0 Å². The van der Waals surface area contributed by atoms with E-state index in [-0.39, 0.29) is 78.6 Å². The lowest BCUT2D eigenvalue weighted by molar-refractivity contribution is -0.184. The predicted molar refractivity (Wildman–Crippen MR) is 128 cm³/mol. The molecule has 0 aromatic rings. The fourth-order valence-electron chi connectivity index (χ4n) is 9.03. The van der Waals surface area contributed by atoms with Gasteiger partial charge in [0.2, 0.25) is 11.8 Å². The minimum absolute atomic E-state index is 0.00579. The number of amides is 1. The molecule has 0 bridgehead atoms. The Morgan fingerprint density at radius 3 is 2.46 bits per heavy atom. The van der Waals surface area contributed by atoms with Crippen LogP contribution in [0.3, 0.4) is 0 Å². The topological polar surface area (TPSA) is 83.5 Å². The zero-order valence-electron chi connectivity index (χ0n) is 21.2. The summed E-state index contributed by atoms with van der Waals surface area (Å²) >= 11 is 0. The van der Waals surface area contributed by atoms with Gasteiger partial charge in [-0.1, -0.05) is 20.8 Å². The molecule has 4 aliphatic carbocycles. The molecule has 4 rings (SSSR count). The van der Waals surface area contributed by atoms with Crippen molar-refractivity contribution in [2.45, 2.75) is 97.1 Å². The Balaban J connectivity index is 1.40. The van der Waals surface area contributed by atoms with Crippen LogP contribution in [0.1, 0.15) is 85.0 Å². The molecule has 2 N–H and O–H groups in total. The second-order valence-electron chi connectivity index (χ2n) is 12.7. The highest BCUT2D eigenvalue weighted by Gasteiger charge is 2.64. The fraction of sp³-hybridized carbons (Fsp3) is 0.962. The molecular formula is C26H42F3NO4S. The van der Waals surface area contributed by atoms with Crippen molar-refractivity contribution in [1.82, 2.24) is 5.32 Å². The number of halogens is 3. The summed E-state index contributed by atoms with van der Waals surface area (Å²) in [5, 5.41) is 2.55. The van der Waals surface area contributed by atoms with E-state index >= 15 is 4.39 Å². The standard InChI is InChI=1S/C26H42F3NO4S/c1-16(4-7-22(31)30-12-13-35(32,33)34)18-5-6-19-23-20(8-9-25(18,19)3)24(2)10-11-26(28,29)15-17(24)14-21(23)27/h16-21,23H,4-15H2,1-3H3,(H,30,31)(H,32,33,34). The first kappa shape index (κ1) is 27.2. The zero-order chi connectivity index (χ0) is 25.8. The minimum Gasteiger partial charge on any atom is -0.355 e. The molecule has 0 aromatic carbocycles. The smallest absolute Gasteiger partial charge is 0.266 e. The van der Waals surface area contributed by atoms with E-state index in [9.17, 15) is 22.0 Å². The molecule has 9 heteroatoms. The van der Waals surface area contributed by atoms with E-state index in [1.807, 2.05) is 0 Å². The van der Waals surface area contributed by atoms with Crippen LogP contribution in [0.4, 0.5) is 13.2 Å². The van der Waals surface area contributed by atoms with E-state index < -0.39 is 28.0 Å². The molecule has 1 amide bonds. The van der Waals surface area contributed by atoms with Crippen molar-refractivity contribution in [3.63, 3.8) is 0 Å². The van der Waals surface area contributed by atoms with Gasteiger partial charge in [-0.3, -0.25) is 9.35 Å². The first-order valence-corrected chi connectivity index (χ1v) is 15.0. The van der Waals surface area contributed by atoms with E-state index in [4.69, 9.17) is 4.55 Å². The summed E-state index contributed by atoms with van der Waals surface area (Å²) in [5.74, 6) is -2.59. The molecule has 0 aliphatic heterocycles. The summed E-state index contributed by atoms with van der Waals surface area (Å²) in [5.41, 5.74) is -0.200. The third-order valence-electron chi connectivity index (χ3n) is 10.9. The maximum Gasteiger partial charge on any atom is 0.266 e. The highest BCUT2D eigenvalue weighted by molar-refractivity contribution is 7.85. The van der Waals surface area contributed by atoms with Crippen LogP contribution in [-0.4, -0.2) is 43.3 Å². The molecule has 5 nitrogen and oxygen atoms in total. The van der Waals surface area contributed by atoms with Gasteiger partial charge in [0.25, 0.3) is 10.1 Å². The number of alkyl halides is 3. The fourth-order valence-corrected chi connectivity index (χ4v) is 9.39. The van der Waals surface area contributed by atoms with E-state index in [0.29, 0.717) is 18.8 Å². The van der Waals surface area contributed by atoms with Crippen LogP contribution >= 0.6 is 0 Å². The van der Waals surface area contributed by atoms with Gasteiger partial charge >= 0.3 is 0 Å². The predicted octanol–water partition coefficient (Wildman–Crippen LogP) is 5.65. The van der Waals surface area contributed by atoms with E-state index in [1.165, 1.54) is 0 Å². The Hall–Kier alpha value is -0.830. The molecule has 202 valence electrons. The van der Waals surface area contributed by atoms with Crippen molar-refractivity contribution in [1.29, 1.82) is 0 Å². The van der Waals surface area contributed by atoms with Crippen LogP contribution in [0, 0.1) is 46.3 Å². The van der Waals surface area contributed by atoms with Gasteiger partial charge in [-0.15, -0.1) is 0 Å². The third kappa shape index (κ3) is 5.27. The Morgan fingerprint density at radius 2 is 1.77 bits per heavy atom. The SMILES string of the molecule is CC(CCC(=O)NCCS(=O)(=O)O)C1CCC2C3C(F)CC4CC(F)(F)CCC4(C)C3CCC12C. The first-order valence-electron chi connectivity index (χ1n) is 13.4. The maximum absolute atomic E-state index is 15.7. The highest BCUT2D eigenvalue weighted by Crippen LogP contribution is 2.69. The van der Waals surface area contributed by atoms with Crippen molar-refractivity contribution >= 4 is 16.0 Å². The number of hydrogen-bond donors (Lipinski definition) is 2. The third-order valence-corrected chi connectivity index (χ3v) is 11.6. The van der Waals surface area contributed by atoms with Crippen molar-refractivity contribution in [3.05, 3.63) is 0 Å². The lowest BCUT2D eigenvalue weighted by Gasteiger charge is -2.62. The summed E-state index contributed by atoms with van der Waals surface area (Å²) in [6, 6.07) is 0. The minimum atomic E-state index is -4.10. The van der Waals surface area contributed by atoms with E-state index in [0.717, 1.165) is 25.7 Å². The second kappa shape index (κ2) is 9.48. The largest absolute Gasteiger partial charge is 0.355 e. The van der Waals surface area contributed by atoms with Gasteiger partial charge in [0.15, 0.2) is 0 Å².